The van der Waals surface area contributed by atoms with Crippen molar-refractivity contribution in [1.29, 1.82) is 0 Å². The predicted octanol–water partition coefficient (Wildman–Crippen LogP) is 9.70. The minimum absolute atomic E-state index is 0.0203. The van der Waals surface area contributed by atoms with E-state index < -0.39 is 52.5 Å². The van der Waals surface area contributed by atoms with E-state index in [9.17, 15) is 18.4 Å². The highest BCUT2D eigenvalue weighted by Crippen LogP contribution is 2.37. The van der Waals surface area contributed by atoms with Gasteiger partial charge in [-0.3, -0.25) is 4.79 Å². The summed E-state index contributed by atoms with van der Waals surface area (Å²) < 4.78 is 45.7. The Morgan fingerprint density at radius 1 is 0.863 bits per heavy atom. The molecule has 51 heavy (non-hydrogen) atoms. The number of hydrogen-bond donors (Lipinski definition) is 1. The zero-order valence-electron chi connectivity index (χ0n) is 29.9. The fourth-order valence-electron chi connectivity index (χ4n) is 5.80. The number of amides is 2. The van der Waals surface area contributed by atoms with Crippen LogP contribution in [0.5, 0.6) is 5.75 Å². The molecular formula is C39H45F2N3O5Si2. The molecule has 0 aliphatic carbocycles. The van der Waals surface area contributed by atoms with Crippen molar-refractivity contribution in [2.75, 3.05) is 11.9 Å². The molecule has 0 saturated carbocycles. The fourth-order valence-corrected chi connectivity index (χ4v) is 7.03. The molecule has 0 bridgehead atoms. The number of cyclic esters (lactones) is 1. The first-order valence-corrected chi connectivity index (χ1v) is 23.9. The van der Waals surface area contributed by atoms with Crippen LogP contribution in [0.25, 0.3) is 0 Å². The van der Waals surface area contributed by atoms with E-state index in [1.807, 2.05) is 74.2 Å². The summed E-state index contributed by atoms with van der Waals surface area (Å²) in [7, 11) is -4.03. The van der Waals surface area contributed by atoms with Gasteiger partial charge < -0.3 is 19.0 Å². The van der Waals surface area contributed by atoms with Crippen LogP contribution >= 0.6 is 0 Å². The molecule has 1 heterocycles. The third-order valence-corrected chi connectivity index (χ3v) is 9.63. The molecular weight excluding hydrogens is 685 g/mol. The van der Waals surface area contributed by atoms with Crippen molar-refractivity contribution in [3.05, 3.63) is 131 Å². The molecule has 2 amide bonds. The number of benzene rings is 4. The average Bonchev–Trinajstić information content (AvgIpc) is 3.47. The van der Waals surface area contributed by atoms with Crippen molar-refractivity contribution >= 4 is 40.0 Å². The number of nitrogens with zero attached hydrogens (tertiary/aromatic N) is 2. The Bertz CT molecular complexity index is 1810. The topological polar surface area (TPSA) is 89.5 Å². The van der Waals surface area contributed by atoms with Crippen molar-refractivity contribution in [2.24, 2.45) is 11.1 Å². The van der Waals surface area contributed by atoms with E-state index in [0.29, 0.717) is 22.7 Å². The van der Waals surface area contributed by atoms with Crippen LogP contribution in [0.2, 0.25) is 39.3 Å². The van der Waals surface area contributed by atoms with Crippen molar-refractivity contribution in [3.63, 3.8) is 0 Å². The Balaban J connectivity index is 1.60. The lowest BCUT2D eigenvalue weighted by Crippen LogP contribution is -2.42. The predicted molar refractivity (Wildman–Crippen MR) is 201 cm³/mol. The van der Waals surface area contributed by atoms with Gasteiger partial charge in [-0.1, -0.05) is 54.6 Å². The Kier molecular flexibility index (Phi) is 11.8. The third-order valence-electron chi connectivity index (χ3n) is 8.14. The average molecular weight is 730 g/mol. The van der Waals surface area contributed by atoms with Crippen LogP contribution in [0.1, 0.15) is 41.6 Å². The van der Waals surface area contributed by atoms with Gasteiger partial charge in [0.25, 0.3) is 8.32 Å². The first-order chi connectivity index (χ1) is 24.2. The van der Waals surface area contributed by atoms with Crippen molar-refractivity contribution in [3.8, 4) is 5.75 Å². The maximum absolute atomic E-state index is 15.0. The normalized spacial score (nSPS) is 16.3. The van der Waals surface area contributed by atoms with Crippen LogP contribution < -0.4 is 9.74 Å². The molecule has 1 N–H and O–H groups in total. The summed E-state index contributed by atoms with van der Waals surface area (Å²) in [5.74, 6) is -1.39. The van der Waals surface area contributed by atoms with Gasteiger partial charge in [-0.05, 0) is 117 Å². The third kappa shape index (κ3) is 10.4. The molecule has 0 radical (unpaired) electrons. The van der Waals surface area contributed by atoms with Gasteiger partial charge in [0.1, 0.15) is 30.0 Å². The summed E-state index contributed by atoms with van der Waals surface area (Å²) in [6.07, 6.45) is -0.265. The van der Waals surface area contributed by atoms with E-state index >= 15 is 0 Å². The molecule has 1 fully saturated rings. The number of oxime groups is 1. The van der Waals surface area contributed by atoms with E-state index in [1.54, 1.807) is 24.3 Å². The maximum Gasteiger partial charge on any atom is 0.417 e. The summed E-state index contributed by atoms with van der Waals surface area (Å²) in [5, 5.41) is 8.02. The monoisotopic (exact) mass is 729 g/mol. The van der Waals surface area contributed by atoms with Gasteiger partial charge in [0.15, 0.2) is 0 Å². The van der Waals surface area contributed by atoms with Gasteiger partial charge in [0.2, 0.25) is 14.2 Å². The zero-order valence-corrected chi connectivity index (χ0v) is 31.9. The first kappa shape index (κ1) is 37.4. The van der Waals surface area contributed by atoms with E-state index in [4.69, 9.17) is 13.7 Å². The molecule has 5 rings (SSSR count). The Morgan fingerprint density at radius 2 is 1.47 bits per heavy atom. The number of halogens is 2. The number of carbonyl (C=O) groups is 2. The second-order valence-electron chi connectivity index (χ2n) is 14.5. The lowest BCUT2D eigenvalue weighted by molar-refractivity contribution is -0.134. The number of carbonyl (C=O) groups excluding carboxylic acids is 2. The van der Waals surface area contributed by atoms with Crippen LogP contribution in [-0.4, -0.2) is 45.9 Å². The molecule has 1 saturated heterocycles. The molecule has 8 nitrogen and oxygen atoms in total. The minimum atomic E-state index is -2.12. The number of imide groups is 1. The van der Waals surface area contributed by atoms with Gasteiger partial charge in [-0.15, -0.1) is 5.16 Å². The summed E-state index contributed by atoms with van der Waals surface area (Å²) >= 11 is 0. The maximum atomic E-state index is 15.0. The molecule has 4 aromatic carbocycles. The molecule has 4 aromatic rings. The number of nitrogens with one attached hydrogen (secondary N) is 1. The second-order valence-corrected chi connectivity index (χ2v) is 23.4. The molecule has 3 atom stereocenters. The lowest BCUT2D eigenvalue weighted by atomic mass is 9.85. The second kappa shape index (κ2) is 16.0. The molecule has 268 valence electrons. The summed E-state index contributed by atoms with van der Waals surface area (Å²) in [6, 6.07) is 27.4. The van der Waals surface area contributed by atoms with E-state index in [-0.39, 0.29) is 25.3 Å². The lowest BCUT2D eigenvalue weighted by Gasteiger charge is -2.32. The van der Waals surface area contributed by atoms with Crippen LogP contribution in [-0.2, 0) is 14.1 Å². The molecule has 1 aliphatic heterocycles. The van der Waals surface area contributed by atoms with E-state index in [0.717, 1.165) is 11.1 Å². The quantitative estimate of drug-likeness (QED) is 0.0790. The van der Waals surface area contributed by atoms with E-state index in [2.05, 4.69) is 30.1 Å². The summed E-state index contributed by atoms with van der Waals surface area (Å²) in [4.78, 5) is 29.5. The summed E-state index contributed by atoms with van der Waals surface area (Å²) in [5.41, 5.74) is 3.30. The minimum Gasteiger partial charge on any atom is -0.544 e. The van der Waals surface area contributed by atoms with Gasteiger partial charge in [-0.25, -0.2) is 18.5 Å². The Hall–Kier alpha value is -4.82. The van der Waals surface area contributed by atoms with Crippen LogP contribution in [0.4, 0.5) is 19.3 Å². The largest absolute Gasteiger partial charge is 0.544 e. The number of rotatable bonds is 14. The van der Waals surface area contributed by atoms with Crippen molar-refractivity contribution in [1.82, 2.24) is 4.90 Å². The number of ether oxygens (including phenoxy) is 1. The molecule has 0 spiro atoms. The van der Waals surface area contributed by atoms with Crippen LogP contribution in [0.15, 0.2) is 108 Å². The molecule has 12 heteroatoms. The molecule has 0 aromatic heterocycles. The number of anilines is 1. The van der Waals surface area contributed by atoms with Gasteiger partial charge >= 0.3 is 6.09 Å². The first-order valence-electron chi connectivity index (χ1n) is 17.0. The highest BCUT2D eigenvalue weighted by Gasteiger charge is 2.44. The Morgan fingerprint density at radius 3 is 2.06 bits per heavy atom. The Labute approximate surface area is 300 Å². The highest BCUT2D eigenvalue weighted by molar-refractivity contribution is 6.70. The van der Waals surface area contributed by atoms with E-state index in [1.165, 1.54) is 29.2 Å². The fraction of sp³-hybridized carbons (Fsp3) is 0.308. The van der Waals surface area contributed by atoms with Crippen LogP contribution in [0.3, 0.4) is 0 Å². The summed E-state index contributed by atoms with van der Waals surface area (Å²) in [6.45, 7) is 12.3. The zero-order chi connectivity index (χ0) is 36.8. The van der Waals surface area contributed by atoms with Gasteiger partial charge in [-0.2, -0.15) is 0 Å². The number of hydrogen-bond acceptors (Lipinski definition) is 7. The molecule has 2 unspecified atom stereocenters. The van der Waals surface area contributed by atoms with Crippen molar-refractivity contribution in [2.45, 2.75) is 64.2 Å². The van der Waals surface area contributed by atoms with Crippen LogP contribution in [0, 0.1) is 17.6 Å². The standard InChI is InChI=1S/C39H45F2N3O5Si2/c1-50(2,3)48-33-22-14-29(15-23-33)37(42-32-20-18-31(41)19-21-32)34(38(45)44-36(26-47-39(44)46)28-10-8-7-9-11-28)24-25-35(43-49-51(4,5)6)27-12-16-30(40)17-13-27/h7-23,34,36-37,42H,24-26H2,1-6H3/b43-35-/t34?,36-,37?/m1/s1. The van der Waals surface area contributed by atoms with Gasteiger partial charge in [0, 0.05) is 5.69 Å². The SMILES string of the molecule is C[Si](C)(C)O/N=C(/CCC(C(=O)N1C(=O)OC[C@@H]1c1ccccc1)C(Nc1ccc(F)cc1)c1ccc(O[Si](C)(C)C)cc1)c1ccc(F)cc1. The highest BCUT2D eigenvalue weighted by atomic mass is 28.4. The van der Waals surface area contributed by atoms with Gasteiger partial charge in [0.05, 0.1) is 17.7 Å². The molecule has 1 aliphatic rings. The smallest absolute Gasteiger partial charge is 0.417 e. The van der Waals surface area contributed by atoms with Crippen molar-refractivity contribution < 1.29 is 32.1 Å².